The Balaban J connectivity index is 1.12. The van der Waals surface area contributed by atoms with Crippen molar-refractivity contribution in [3.05, 3.63) is 182 Å². The molecule has 0 atom stereocenters. The second kappa shape index (κ2) is 12.4. The summed E-state index contributed by atoms with van der Waals surface area (Å²) in [5, 5.41) is 7.82. The molecule has 0 unspecified atom stereocenters. The number of fused-ring (bicyclic) bond motifs is 6. The molecule has 2 nitrogen and oxygen atoms in total. The zero-order valence-electron chi connectivity index (χ0n) is 29.7. The lowest BCUT2D eigenvalue weighted by Gasteiger charge is -2.22. The summed E-state index contributed by atoms with van der Waals surface area (Å²) in [4.78, 5) is 10.9. The summed E-state index contributed by atoms with van der Waals surface area (Å²) in [7, 11) is -2.09. The fourth-order valence-electron chi connectivity index (χ4n) is 8.43. The van der Waals surface area contributed by atoms with Gasteiger partial charge in [-0.3, -0.25) is 0 Å². The van der Waals surface area contributed by atoms with Gasteiger partial charge in [-0.1, -0.05) is 171 Å². The van der Waals surface area contributed by atoms with E-state index >= 15 is 0 Å². The third-order valence-corrected chi connectivity index (χ3v) is 14.5. The average molecular weight is 693 g/mol. The fraction of sp³-hybridized carbons (Fsp3) is 0.0400. The number of aromatic nitrogens is 2. The van der Waals surface area contributed by atoms with E-state index in [1.165, 1.54) is 59.7 Å². The van der Waals surface area contributed by atoms with Gasteiger partial charge in [-0.25, -0.2) is 9.97 Å². The van der Waals surface area contributed by atoms with Gasteiger partial charge in [-0.2, -0.15) is 0 Å². The number of nitrogens with zero attached hydrogens (tertiary/aromatic N) is 2. The van der Waals surface area contributed by atoms with E-state index in [0.29, 0.717) is 0 Å². The van der Waals surface area contributed by atoms with E-state index < -0.39 is 8.07 Å². The maximum atomic E-state index is 5.48. The summed E-state index contributed by atoms with van der Waals surface area (Å²) in [6, 6.07) is 65.8. The van der Waals surface area contributed by atoms with Crippen LogP contribution in [-0.2, 0) is 0 Å². The molecule has 0 fully saturated rings. The van der Waals surface area contributed by atoms with Crippen LogP contribution < -0.4 is 10.4 Å². The van der Waals surface area contributed by atoms with Crippen LogP contribution in [0.25, 0.3) is 88.8 Å². The van der Waals surface area contributed by atoms with Crippen molar-refractivity contribution in [1.29, 1.82) is 0 Å². The monoisotopic (exact) mass is 692 g/mol. The second-order valence-electron chi connectivity index (χ2n) is 14.6. The maximum Gasteiger partial charge on any atom is 0.160 e. The number of rotatable bonds is 5. The van der Waals surface area contributed by atoms with Crippen LogP contribution in [0.3, 0.4) is 0 Å². The Morgan fingerprint density at radius 3 is 1.68 bits per heavy atom. The molecule has 1 aliphatic rings. The molecular formula is C50H36N2Si. The minimum Gasteiger partial charge on any atom is -0.228 e. The highest BCUT2D eigenvalue weighted by Crippen LogP contribution is 2.38. The quantitative estimate of drug-likeness (QED) is 0.133. The van der Waals surface area contributed by atoms with E-state index in [2.05, 4.69) is 195 Å². The van der Waals surface area contributed by atoms with E-state index in [1.807, 2.05) is 0 Å². The van der Waals surface area contributed by atoms with Gasteiger partial charge in [0.1, 0.15) is 8.07 Å². The van der Waals surface area contributed by atoms with Gasteiger partial charge in [0.25, 0.3) is 0 Å². The van der Waals surface area contributed by atoms with Gasteiger partial charge in [-0.15, -0.1) is 0 Å². The molecule has 9 aromatic rings. The van der Waals surface area contributed by atoms with E-state index in [-0.39, 0.29) is 0 Å². The average Bonchev–Trinajstić information content (AvgIpc) is 3.46. The van der Waals surface area contributed by atoms with Crippen LogP contribution in [0.2, 0.25) is 13.1 Å². The van der Waals surface area contributed by atoms with Crippen LogP contribution in [0.15, 0.2) is 182 Å². The van der Waals surface area contributed by atoms with Crippen molar-refractivity contribution in [1.82, 2.24) is 9.97 Å². The molecule has 0 radical (unpaired) electrons. The van der Waals surface area contributed by atoms with Crippen molar-refractivity contribution < 1.29 is 0 Å². The van der Waals surface area contributed by atoms with Crippen LogP contribution in [0.1, 0.15) is 0 Å². The zero-order valence-corrected chi connectivity index (χ0v) is 30.7. The predicted octanol–water partition coefficient (Wildman–Crippen LogP) is 11.9. The van der Waals surface area contributed by atoms with Gasteiger partial charge < -0.3 is 0 Å². The predicted molar refractivity (Wildman–Crippen MR) is 226 cm³/mol. The third kappa shape index (κ3) is 5.24. The summed E-state index contributed by atoms with van der Waals surface area (Å²) in [5.74, 6) is 0.754. The van der Waals surface area contributed by atoms with Gasteiger partial charge in [0.15, 0.2) is 5.82 Å². The smallest absolute Gasteiger partial charge is 0.160 e. The SMILES string of the molecule is C[Si]1(C)c2ccccc2-c2nc(-c3cccc(-c4cccc(-c5cc6ccccc6c6ccccc56)c4)c3)nc(-c3cccc(-c4ccccc4)c3)c21. The maximum absolute atomic E-state index is 5.48. The minimum atomic E-state index is -2.09. The molecule has 2 heterocycles. The summed E-state index contributed by atoms with van der Waals surface area (Å²) in [6.07, 6.45) is 0. The first kappa shape index (κ1) is 31.3. The molecule has 0 saturated carbocycles. The molecule has 3 heteroatoms. The Kier molecular flexibility index (Phi) is 7.31. The topological polar surface area (TPSA) is 25.8 Å². The highest BCUT2D eigenvalue weighted by molar-refractivity contribution is 7.04. The molecule has 250 valence electrons. The molecule has 0 bridgehead atoms. The van der Waals surface area contributed by atoms with Crippen molar-refractivity contribution in [2.45, 2.75) is 13.1 Å². The molecule has 53 heavy (non-hydrogen) atoms. The molecule has 10 rings (SSSR count). The molecule has 0 aliphatic carbocycles. The van der Waals surface area contributed by atoms with Crippen molar-refractivity contribution in [2.75, 3.05) is 0 Å². The first-order valence-electron chi connectivity index (χ1n) is 18.3. The van der Waals surface area contributed by atoms with E-state index in [0.717, 1.165) is 39.5 Å². The molecule has 1 aromatic heterocycles. The Morgan fingerprint density at radius 2 is 0.887 bits per heavy atom. The van der Waals surface area contributed by atoms with Crippen LogP contribution in [0.4, 0.5) is 0 Å². The molecule has 0 amide bonds. The lowest BCUT2D eigenvalue weighted by atomic mass is 9.91. The Bertz CT molecular complexity index is 2870. The van der Waals surface area contributed by atoms with E-state index in [4.69, 9.17) is 9.97 Å². The summed E-state index contributed by atoms with van der Waals surface area (Å²) in [5.41, 5.74) is 12.7. The van der Waals surface area contributed by atoms with Gasteiger partial charge >= 0.3 is 0 Å². The van der Waals surface area contributed by atoms with Gasteiger partial charge in [0, 0.05) is 11.1 Å². The van der Waals surface area contributed by atoms with E-state index in [1.54, 1.807) is 0 Å². The summed E-state index contributed by atoms with van der Waals surface area (Å²) in [6.45, 7) is 4.88. The molecule has 8 aromatic carbocycles. The molecular weight excluding hydrogens is 657 g/mol. The molecule has 0 saturated heterocycles. The first-order chi connectivity index (χ1) is 26.0. The van der Waals surface area contributed by atoms with Crippen LogP contribution >= 0.6 is 0 Å². The highest BCUT2D eigenvalue weighted by Gasteiger charge is 2.41. The number of hydrogen-bond donors (Lipinski definition) is 0. The standard InChI is InChI=1S/C50H36N2Si/c1-53(2)46-28-11-10-27-44(46)48-49(53)47(39-22-13-18-34(30-39)33-15-4-3-5-16-33)51-50(52-48)40-23-14-20-36(31-40)35-19-12-21-37(29-35)45-32-38-17-6-7-24-41(38)42-25-8-9-26-43(42)45/h3-32H,1-2H3. The lowest BCUT2D eigenvalue weighted by molar-refractivity contribution is 1.20. The summed E-state index contributed by atoms with van der Waals surface area (Å²) >= 11 is 0. The normalized spacial score (nSPS) is 12.9. The number of hydrogen-bond acceptors (Lipinski definition) is 2. The molecule has 1 aliphatic heterocycles. The number of benzene rings is 8. The largest absolute Gasteiger partial charge is 0.228 e. The summed E-state index contributed by atoms with van der Waals surface area (Å²) < 4.78 is 0. The van der Waals surface area contributed by atoms with Gasteiger partial charge in [0.05, 0.1) is 11.4 Å². The minimum absolute atomic E-state index is 0.754. The lowest BCUT2D eigenvalue weighted by Crippen LogP contribution is -2.50. The molecule has 0 spiro atoms. The third-order valence-electron chi connectivity index (χ3n) is 11.0. The van der Waals surface area contributed by atoms with Crippen LogP contribution in [0.5, 0.6) is 0 Å². The van der Waals surface area contributed by atoms with Crippen molar-refractivity contribution >= 4 is 40.0 Å². The highest BCUT2D eigenvalue weighted by atomic mass is 28.3. The second-order valence-corrected chi connectivity index (χ2v) is 18.9. The molecule has 0 N–H and O–H groups in total. The van der Waals surface area contributed by atoms with E-state index in [9.17, 15) is 0 Å². The Morgan fingerprint density at radius 1 is 0.358 bits per heavy atom. The van der Waals surface area contributed by atoms with Gasteiger partial charge in [0.2, 0.25) is 0 Å². The fourth-order valence-corrected chi connectivity index (χ4v) is 11.7. The Labute approximate surface area is 311 Å². The van der Waals surface area contributed by atoms with Crippen molar-refractivity contribution in [2.24, 2.45) is 0 Å². The van der Waals surface area contributed by atoms with Crippen molar-refractivity contribution in [3.63, 3.8) is 0 Å². The first-order valence-corrected chi connectivity index (χ1v) is 21.3. The van der Waals surface area contributed by atoms with Gasteiger partial charge in [-0.05, 0) is 95.1 Å². The van der Waals surface area contributed by atoms with Crippen LogP contribution in [-0.4, -0.2) is 18.0 Å². The van der Waals surface area contributed by atoms with Crippen LogP contribution in [0, 0.1) is 0 Å². The van der Waals surface area contributed by atoms with Crippen molar-refractivity contribution in [3.8, 4) is 67.3 Å². The zero-order chi connectivity index (χ0) is 35.5. The Hall–Kier alpha value is -6.42.